The molecule has 0 radical (unpaired) electrons. The zero-order chi connectivity index (χ0) is 22.2. The minimum Gasteiger partial charge on any atom is -0.350 e. The molecular formula is C21H37N5O3. The number of carbonyl (C=O) groups is 3. The van der Waals surface area contributed by atoms with Gasteiger partial charge in [0.15, 0.2) is 5.78 Å². The van der Waals surface area contributed by atoms with Crippen LogP contribution in [0.2, 0.25) is 0 Å². The number of hydrogen-bond acceptors (Lipinski definition) is 6. The van der Waals surface area contributed by atoms with Crippen molar-refractivity contribution in [2.24, 2.45) is 17.2 Å². The van der Waals surface area contributed by atoms with Gasteiger partial charge in [0, 0.05) is 30.7 Å². The maximum absolute atomic E-state index is 11.4. The van der Waals surface area contributed by atoms with E-state index in [-0.39, 0.29) is 30.3 Å². The highest BCUT2D eigenvalue weighted by Gasteiger charge is 2.25. The van der Waals surface area contributed by atoms with Gasteiger partial charge in [0.05, 0.1) is 6.54 Å². The average molecular weight is 408 g/mol. The van der Waals surface area contributed by atoms with Crippen molar-refractivity contribution in [2.75, 3.05) is 26.2 Å². The van der Waals surface area contributed by atoms with Gasteiger partial charge in [-0.3, -0.25) is 14.4 Å². The van der Waals surface area contributed by atoms with Crippen molar-refractivity contribution in [3.05, 3.63) is 35.4 Å². The highest BCUT2D eigenvalue weighted by molar-refractivity contribution is 5.93. The van der Waals surface area contributed by atoms with E-state index < -0.39 is 0 Å². The molecule has 1 saturated heterocycles. The van der Waals surface area contributed by atoms with Gasteiger partial charge in [-0.2, -0.15) is 0 Å². The number of nitrogens with zero attached hydrogens (tertiary/aromatic N) is 1. The summed E-state index contributed by atoms with van der Waals surface area (Å²) in [5, 5.41) is 2.32. The fourth-order valence-electron chi connectivity index (χ4n) is 2.62. The largest absolute Gasteiger partial charge is 0.350 e. The van der Waals surface area contributed by atoms with Gasteiger partial charge in [-0.25, -0.2) is 0 Å². The van der Waals surface area contributed by atoms with Crippen molar-refractivity contribution in [1.29, 1.82) is 0 Å². The number of piperidine rings is 1. The summed E-state index contributed by atoms with van der Waals surface area (Å²) in [6.45, 7) is 7.61. The lowest BCUT2D eigenvalue weighted by Crippen LogP contribution is -2.55. The summed E-state index contributed by atoms with van der Waals surface area (Å²) in [4.78, 5) is 33.8. The number of ketones is 1. The smallest absolute Gasteiger partial charge is 0.242 e. The third-order valence-electron chi connectivity index (χ3n) is 4.22. The van der Waals surface area contributed by atoms with Crippen molar-refractivity contribution in [1.82, 2.24) is 10.2 Å². The van der Waals surface area contributed by atoms with Crippen molar-refractivity contribution < 1.29 is 14.4 Å². The van der Waals surface area contributed by atoms with E-state index in [9.17, 15) is 14.4 Å². The molecule has 1 fully saturated rings. The van der Waals surface area contributed by atoms with E-state index in [1.54, 1.807) is 11.8 Å². The van der Waals surface area contributed by atoms with Gasteiger partial charge < -0.3 is 27.4 Å². The first-order valence-electron chi connectivity index (χ1n) is 9.98. The molecule has 8 heteroatoms. The van der Waals surface area contributed by atoms with Crippen molar-refractivity contribution in [3.63, 3.8) is 0 Å². The van der Waals surface area contributed by atoms with Crippen LogP contribution in [0.3, 0.4) is 0 Å². The fourth-order valence-corrected chi connectivity index (χ4v) is 2.62. The summed E-state index contributed by atoms with van der Waals surface area (Å²) >= 11 is 0. The third-order valence-corrected chi connectivity index (χ3v) is 4.22. The number of unbranched alkanes of at least 4 members (excludes halogenated alkanes) is 1. The Bertz CT molecular complexity index is 595. The van der Waals surface area contributed by atoms with Gasteiger partial charge in [-0.1, -0.05) is 43.2 Å². The quantitative estimate of drug-likeness (QED) is 0.401. The molecule has 2 amide bonds. The van der Waals surface area contributed by atoms with E-state index in [2.05, 4.69) is 12.2 Å². The Balaban J connectivity index is 0.000000455. The molecule has 1 aliphatic rings. The molecule has 7 N–H and O–H groups in total. The fraction of sp³-hybridized carbons (Fsp3) is 0.571. The summed E-state index contributed by atoms with van der Waals surface area (Å²) in [5.74, 6) is -0.0114. The molecule has 1 aliphatic heterocycles. The molecule has 0 spiro atoms. The van der Waals surface area contributed by atoms with Gasteiger partial charge in [-0.15, -0.1) is 0 Å². The van der Waals surface area contributed by atoms with Crippen LogP contribution in [-0.2, 0) is 9.59 Å². The first-order chi connectivity index (χ1) is 13.7. The first kappa shape index (κ1) is 26.7. The SMILES string of the molecule is CC(=O)c1ccc(C)cc1.CCCCN.NC1CC(N)CN(C(=O)CNC=O)C1. The second kappa shape index (κ2) is 15.6. The molecule has 0 aromatic heterocycles. The standard InChI is InChI=1S/C9H10O.C8H16N4O2.C4H11N/c1-7-3-5-9(6-4-7)8(2)10;9-6-1-7(10)4-12(3-6)8(14)2-11-5-13;1-2-3-4-5/h3-6H,1-2H3;5-7H,1-4,9-10H2,(H,11,13);2-5H2,1H3. The molecule has 8 nitrogen and oxygen atoms in total. The van der Waals surface area contributed by atoms with Gasteiger partial charge in [-0.05, 0) is 33.2 Å². The van der Waals surface area contributed by atoms with Crippen LogP contribution in [0.4, 0.5) is 0 Å². The highest BCUT2D eigenvalue weighted by atomic mass is 16.2. The summed E-state index contributed by atoms with van der Waals surface area (Å²) in [6.07, 6.45) is 3.63. The number of nitrogens with one attached hydrogen (secondary N) is 1. The Morgan fingerprint density at radius 3 is 2.10 bits per heavy atom. The minimum absolute atomic E-state index is 0.0168. The van der Waals surface area contributed by atoms with E-state index in [1.165, 1.54) is 18.4 Å². The Kier molecular flexibility index (Phi) is 14.4. The third kappa shape index (κ3) is 12.7. The number of aryl methyl sites for hydroxylation is 1. The number of benzene rings is 1. The summed E-state index contributed by atoms with van der Waals surface area (Å²) in [7, 11) is 0. The normalized spacial score (nSPS) is 17.8. The van der Waals surface area contributed by atoms with E-state index >= 15 is 0 Å². The molecule has 2 rings (SSSR count). The van der Waals surface area contributed by atoms with Crippen LogP contribution in [0.5, 0.6) is 0 Å². The molecular weight excluding hydrogens is 370 g/mol. The topological polar surface area (TPSA) is 145 Å². The Morgan fingerprint density at radius 1 is 1.17 bits per heavy atom. The number of nitrogens with two attached hydrogens (primary N) is 3. The summed E-state index contributed by atoms with van der Waals surface area (Å²) in [5.41, 5.74) is 18.5. The van der Waals surface area contributed by atoms with E-state index in [0.29, 0.717) is 19.5 Å². The first-order valence-corrected chi connectivity index (χ1v) is 9.98. The molecule has 2 unspecified atom stereocenters. The number of likely N-dealkylation sites (tertiary alicyclic amines) is 1. The number of rotatable bonds is 6. The van der Waals surface area contributed by atoms with Crippen molar-refractivity contribution in [3.8, 4) is 0 Å². The maximum Gasteiger partial charge on any atom is 0.242 e. The Labute approximate surface area is 174 Å². The predicted octanol–water partition coefficient (Wildman–Crippen LogP) is 0.562. The number of Topliss-reactive ketones (excluding diaryl/α,β-unsaturated/α-hetero) is 1. The van der Waals surface area contributed by atoms with E-state index in [4.69, 9.17) is 17.2 Å². The van der Waals surface area contributed by atoms with Crippen molar-refractivity contribution in [2.45, 2.75) is 52.1 Å². The molecule has 1 aromatic rings. The van der Waals surface area contributed by atoms with Gasteiger partial charge in [0.1, 0.15) is 0 Å². The van der Waals surface area contributed by atoms with Gasteiger partial charge in [0.25, 0.3) is 0 Å². The van der Waals surface area contributed by atoms with Crippen molar-refractivity contribution >= 4 is 18.1 Å². The lowest BCUT2D eigenvalue weighted by Gasteiger charge is -2.34. The molecule has 0 aliphatic carbocycles. The van der Waals surface area contributed by atoms with E-state index in [0.717, 1.165) is 18.5 Å². The zero-order valence-electron chi connectivity index (χ0n) is 17.9. The number of hydrogen-bond donors (Lipinski definition) is 4. The second-order valence-electron chi connectivity index (χ2n) is 7.12. The van der Waals surface area contributed by atoms with E-state index in [1.807, 2.05) is 31.2 Å². The van der Waals surface area contributed by atoms with Gasteiger partial charge in [0.2, 0.25) is 12.3 Å². The summed E-state index contributed by atoms with van der Waals surface area (Å²) in [6, 6.07) is 7.46. The molecule has 0 bridgehead atoms. The highest BCUT2D eigenvalue weighted by Crippen LogP contribution is 2.07. The molecule has 164 valence electrons. The zero-order valence-corrected chi connectivity index (χ0v) is 17.9. The predicted molar refractivity (Wildman–Crippen MR) is 116 cm³/mol. The monoisotopic (exact) mass is 407 g/mol. The second-order valence-corrected chi connectivity index (χ2v) is 7.12. The molecule has 1 heterocycles. The number of amides is 2. The van der Waals surface area contributed by atoms with Crippen LogP contribution < -0.4 is 22.5 Å². The van der Waals surface area contributed by atoms with Crippen LogP contribution in [0.1, 0.15) is 49.0 Å². The summed E-state index contributed by atoms with van der Waals surface area (Å²) < 4.78 is 0. The van der Waals surface area contributed by atoms with Crippen LogP contribution in [-0.4, -0.2) is 61.3 Å². The molecule has 29 heavy (non-hydrogen) atoms. The number of carbonyl (C=O) groups excluding carboxylic acids is 3. The van der Waals surface area contributed by atoms with Crippen LogP contribution in [0.25, 0.3) is 0 Å². The molecule has 2 atom stereocenters. The Morgan fingerprint density at radius 2 is 1.72 bits per heavy atom. The van der Waals surface area contributed by atoms with Crippen LogP contribution >= 0.6 is 0 Å². The Hall–Kier alpha value is -2.29. The van der Waals surface area contributed by atoms with Gasteiger partial charge >= 0.3 is 0 Å². The lowest BCUT2D eigenvalue weighted by molar-refractivity contribution is -0.132. The van der Waals surface area contributed by atoms with Crippen LogP contribution in [0, 0.1) is 6.92 Å². The van der Waals surface area contributed by atoms with Crippen LogP contribution in [0.15, 0.2) is 24.3 Å². The molecule has 1 aromatic carbocycles. The average Bonchev–Trinajstić information content (AvgIpc) is 2.67. The lowest BCUT2D eigenvalue weighted by atomic mass is 10.0. The maximum atomic E-state index is 11.4. The molecule has 0 saturated carbocycles. The minimum atomic E-state index is -0.136.